The van der Waals surface area contributed by atoms with Gasteiger partial charge < -0.3 is 10.2 Å². The number of aromatic hydroxyl groups is 1. The van der Waals surface area contributed by atoms with E-state index in [2.05, 4.69) is 117 Å². The van der Waals surface area contributed by atoms with E-state index < -0.39 is 0 Å². The number of hydrogen-bond acceptors (Lipinski definition) is 2. The van der Waals surface area contributed by atoms with Crippen molar-refractivity contribution in [1.82, 2.24) is 0 Å². The summed E-state index contributed by atoms with van der Waals surface area (Å²) in [5.74, 6) is 0.288. The molecule has 0 aromatic heterocycles. The first-order valence-electron chi connectivity index (χ1n) is 14.3. The zero-order chi connectivity index (χ0) is 29.0. The lowest BCUT2D eigenvalue weighted by atomic mass is 9.68. The Bertz CT molecular complexity index is 1370. The van der Waals surface area contributed by atoms with Crippen LogP contribution in [0.15, 0.2) is 127 Å². The van der Waals surface area contributed by atoms with Gasteiger partial charge >= 0.3 is 0 Å². The smallest absolute Gasteiger partial charge is 0.115 e. The molecule has 40 heavy (non-hydrogen) atoms. The summed E-state index contributed by atoms with van der Waals surface area (Å²) in [5.41, 5.74) is 10.0. The van der Waals surface area contributed by atoms with E-state index in [0.717, 1.165) is 20.0 Å². The molecule has 2 nitrogen and oxygen atoms in total. The van der Waals surface area contributed by atoms with Crippen LogP contribution in [-0.2, 0) is 18.3 Å². The van der Waals surface area contributed by atoms with Gasteiger partial charge in [0.2, 0.25) is 0 Å². The summed E-state index contributed by atoms with van der Waals surface area (Å²) in [5, 5.41) is 16.8. The van der Waals surface area contributed by atoms with Crippen LogP contribution in [0.1, 0.15) is 61.1 Å². The number of phenols is 1. The summed E-state index contributed by atoms with van der Waals surface area (Å²) in [6, 6.07) is 44.4. The third-order valence-electron chi connectivity index (χ3n) is 7.30. The lowest BCUT2D eigenvalue weighted by molar-refractivity contribution is 0.399. The maximum absolute atomic E-state index is 9.84. The Morgan fingerprint density at radius 1 is 0.475 bits per heavy atom. The highest BCUT2D eigenvalue weighted by molar-refractivity contribution is 5.86. The summed E-state index contributed by atoms with van der Waals surface area (Å²) in [6.07, 6.45) is 2.29. The fourth-order valence-electron chi connectivity index (χ4n) is 5.43. The minimum absolute atomic E-state index is 0.288. The molecule has 0 bridgehead atoms. The second kappa shape index (κ2) is 14.9. The van der Waals surface area contributed by atoms with Crippen LogP contribution in [0.25, 0.3) is 11.1 Å². The van der Waals surface area contributed by atoms with Crippen LogP contribution in [-0.4, -0.2) is 17.3 Å². The van der Waals surface area contributed by atoms with Crippen molar-refractivity contribution in [2.24, 2.45) is 0 Å². The van der Waals surface area contributed by atoms with Gasteiger partial charge in [-0.1, -0.05) is 143 Å². The Labute approximate surface area is 240 Å². The molecule has 0 amide bonds. The van der Waals surface area contributed by atoms with Crippen LogP contribution in [0.2, 0.25) is 0 Å². The summed E-state index contributed by atoms with van der Waals surface area (Å²) in [7, 11) is 1.00. The zero-order valence-corrected chi connectivity index (χ0v) is 24.4. The van der Waals surface area contributed by atoms with Crippen LogP contribution in [0.5, 0.6) is 5.75 Å². The lowest BCUT2D eigenvalue weighted by Crippen LogP contribution is -2.28. The molecule has 0 atom stereocenters. The number of benzene rings is 5. The minimum Gasteiger partial charge on any atom is -0.508 e. The van der Waals surface area contributed by atoms with E-state index in [1.54, 1.807) is 12.1 Å². The third kappa shape index (κ3) is 6.03. The molecule has 2 N–H and O–H groups in total. The average molecular weight is 531 g/mol. The maximum atomic E-state index is 9.84. The molecule has 0 spiro atoms. The van der Waals surface area contributed by atoms with Crippen LogP contribution >= 0.6 is 0 Å². The van der Waals surface area contributed by atoms with E-state index in [0.29, 0.717) is 0 Å². The Balaban J connectivity index is 0.000000266. The van der Waals surface area contributed by atoms with E-state index >= 15 is 0 Å². The van der Waals surface area contributed by atoms with Crippen molar-refractivity contribution in [3.05, 3.63) is 161 Å². The van der Waals surface area contributed by atoms with Gasteiger partial charge in [-0.3, -0.25) is 0 Å². The van der Waals surface area contributed by atoms with Crippen LogP contribution in [0, 0.1) is 0 Å². The first-order chi connectivity index (χ1) is 19.7. The molecule has 0 unspecified atom stereocenters. The van der Waals surface area contributed by atoms with Crippen molar-refractivity contribution < 1.29 is 10.2 Å². The number of rotatable bonds is 4. The molecule has 0 fully saturated rings. The normalized spacial score (nSPS) is 11.8. The quantitative estimate of drug-likeness (QED) is 0.238. The molecule has 2 heteroatoms. The van der Waals surface area contributed by atoms with Crippen LogP contribution in [0.3, 0.4) is 0 Å². The SMILES string of the molecule is CC.CCc1ccc(CC)cc1.CO.Oc1ccc(C2(c3ccccc3)c3ccccc3-c3ccccc32)cc1. The van der Waals surface area contributed by atoms with Gasteiger partial charge in [0.15, 0.2) is 0 Å². The summed E-state index contributed by atoms with van der Waals surface area (Å²) in [6.45, 7) is 8.36. The van der Waals surface area contributed by atoms with Gasteiger partial charge in [-0.25, -0.2) is 0 Å². The van der Waals surface area contributed by atoms with Crippen LogP contribution in [0.4, 0.5) is 0 Å². The summed E-state index contributed by atoms with van der Waals surface area (Å²) < 4.78 is 0. The number of aliphatic hydroxyl groups is 1. The monoisotopic (exact) mass is 530 g/mol. The predicted octanol–water partition coefficient (Wildman–Crippen LogP) is 9.20. The van der Waals surface area contributed by atoms with Gasteiger partial charge in [-0.2, -0.15) is 0 Å². The Hall–Kier alpha value is -4.14. The number of hydrogen-bond donors (Lipinski definition) is 2. The van der Waals surface area contributed by atoms with Gasteiger partial charge in [0.25, 0.3) is 0 Å². The topological polar surface area (TPSA) is 40.5 Å². The second-order valence-electron chi connectivity index (χ2n) is 9.28. The fourth-order valence-corrected chi connectivity index (χ4v) is 5.43. The predicted molar refractivity (Wildman–Crippen MR) is 170 cm³/mol. The van der Waals surface area contributed by atoms with E-state index in [-0.39, 0.29) is 11.2 Å². The molecule has 0 saturated heterocycles. The highest BCUT2D eigenvalue weighted by Gasteiger charge is 2.45. The number of phenolic OH excluding ortho intramolecular Hbond substituents is 1. The maximum Gasteiger partial charge on any atom is 0.115 e. The van der Waals surface area contributed by atoms with Gasteiger partial charge in [-0.05, 0) is 69.5 Å². The molecule has 6 rings (SSSR count). The summed E-state index contributed by atoms with van der Waals surface area (Å²) >= 11 is 0. The van der Waals surface area contributed by atoms with Gasteiger partial charge in [0, 0.05) is 7.11 Å². The molecule has 206 valence electrons. The van der Waals surface area contributed by atoms with Gasteiger partial charge in [0.1, 0.15) is 5.75 Å². The average Bonchev–Trinajstić information content (AvgIpc) is 3.35. The van der Waals surface area contributed by atoms with E-state index in [9.17, 15) is 5.11 Å². The molecule has 0 aliphatic heterocycles. The molecule has 5 aromatic carbocycles. The largest absolute Gasteiger partial charge is 0.508 e. The second-order valence-corrected chi connectivity index (χ2v) is 9.28. The van der Waals surface area contributed by atoms with Crippen molar-refractivity contribution in [3.8, 4) is 16.9 Å². The Morgan fingerprint density at radius 3 is 1.27 bits per heavy atom. The van der Waals surface area contributed by atoms with Crippen molar-refractivity contribution >= 4 is 0 Å². The first kappa shape index (κ1) is 30.4. The third-order valence-corrected chi connectivity index (χ3v) is 7.30. The fraction of sp³-hybridized carbons (Fsp3) is 0.211. The molecule has 1 aliphatic carbocycles. The first-order valence-corrected chi connectivity index (χ1v) is 14.3. The van der Waals surface area contributed by atoms with Gasteiger partial charge in [0.05, 0.1) is 5.41 Å². The minimum atomic E-state index is -0.373. The molecule has 0 saturated carbocycles. The number of aliphatic hydroxyl groups excluding tert-OH is 1. The molecule has 0 radical (unpaired) electrons. The highest BCUT2D eigenvalue weighted by atomic mass is 16.3. The molecular weight excluding hydrogens is 488 g/mol. The molecule has 0 heterocycles. The lowest BCUT2D eigenvalue weighted by Gasteiger charge is -2.33. The Kier molecular flexibility index (Phi) is 11.3. The Morgan fingerprint density at radius 2 is 0.850 bits per heavy atom. The van der Waals surface area contributed by atoms with Crippen LogP contribution < -0.4 is 0 Å². The van der Waals surface area contributed by atoms with Crippen molar-refractivity contribution in [3.63, 3.8) is 0 Å². The summed E-state index contributed by atoms with van der Waals surface area (Å²) in [4.78, 5) is 0. The van der Waals surface area contributed by atoms with Crippen molar-refractivity contribution in [1.29, 1.82) is 0 Å². The van der Waals surface area contributed by atoms with Gasteiger partial charge in [-0.15, -0.1) is 0 Å². The van der Waals surface area contributed by atoms with Crippen molar-refractivity contribution in [2.45, 2.75) is 46.0 Å². The zero-order valence-electron chi connectivity index (χ0n) is 24.4. The molecule has 1 aliphatic rings. The van der Waals surface area contributed by atoms with E-state index in [1.165, 1.54) is 44.5 Å². The van der Waals surface area contributed by atoms with E-state index in [4.69, 9.17) is 5.11 Å². The highest BCUT2D eigenvalue weighted by Crippen LogP contribution is 2.55. The standard InChI is InChI=1S/C25H18O.C10H14.C2H6.CH4O/c26-20-16-14-19(15-17-20)25(18-8-2-1-3-9-18)23-12-6-4-10-21(23)22-11-5-7-13-24(22)25;1-3-9-5-7-10(4-2)8-6-9;2*1-2/h1-17,26H;5-8H,3-4H2,1-2H3;1-2H3;2H,1H3. The van der Waals surface area contributed by atoms with Crippen molar-refractivity contribution in [2.75, 3.05) is 7.11 Å². The number of fused-ring (bicyclic) bond motifs is 3. The molecule has 5 aromatic rings. The number of aryl methyl sites for hydroxylation is 2. The molecular formula is C38H42O2. The van der Waals surface area contributed by atoms with E-state index in [1.807, 2.05) is 26.0 Å².